The SMILES string of the molecule is Cc1ccn(-c2ccc(NCC3(O)CCC3)nn2)n1. The molecule has 0 bridgehead atoms. The van der Waals surface area contributed by atoms with Crippen LogP contribution in [-0.4, -0.2) is 37.2 Å². The van der Waals surface area contributed by atoms with Gasteiger partial charge in [-0.3, -0.25) is 0 Å². The number of nitrogens with one attached hydrogen (secondary N) is 1. The van der Waals surface area contributed by atoms with Crippen LogP contribution in [0.3, 0.4) is 0 Å². The van der Waals surface area contributed by atoms with E-state index in [0.29, 0.717) is 18.2 Å². The van der Waals surface area contributed by atoms with Gasteiger partial charge in [0.15, 0.2) is 5.82 Å². The molecule has 1 aliphatic rings. The van der Waals surface area contributed by atoms with Gasteiger partial charge in [0.1, 0.15) is 5.82 Å². The van der Waals surface area contributed by atoms with Crippen molar-refractivity contribution >= 4 is 5.82 Å². The van der Waals surface area contributed by atoms with E-state index >= 15 is 0 Å². The molecule has 2 aromatic heterocycles. The van der Waals surface area contributed by atoms with Crippen molar-refractivity contribution in [1.29, 1.82) is 0 Å². The molecule has 2 heterocycles. The highest BCUT2D eigenvalue weighted by atomic mass is 16.3. The number of hydrogen-bond acceptors (Lipinski definition) is 5. The zero-order valence-electron chi connectivity index (χ0n) is 10.9. The van der Waals surface area contributed by atoms with E-state index in [1.54, 1.807) is 4.68 Å². The Kier molecular flexibility index (Phi) is 2.94. The summed E-state index contributed by atoms with van der Waals surface area (Å²) in [6, 6.07) is 5.62. The summed E-state index contributed by atoms with van der Waals surface area (Å²) >= 11 is 0. The first kappa shape index (κ1) is 12.1. The zero-order chi connectivity index (χ0) is 13.3. The molecule has 0 saturated heterocycles. The second-order valence-corrected chi connectivity index (χ2v) is 5.11. The fourth-order valence-corrected chi connectivity index (χ4v) is 2.10. The van der Waals surface area contributed by atoms with Gasteiger partial charge in [0.25, 0.3) is 0 Å². The van der Waals surface area contributed by atoms with Crippen LogP contribution in [0.4, 0.5) is 5.82 Å². The minimum absolute atomic E-state index is 0.530. The van der Waals surface area contributed by atoms with Crippen LogP contribution in [-0.2, 0) is 0 Å². The smallest absolute Gasteiger partial charge is 0.175 e. The molecule has 1 saturated carbocycles. The van der Waals surface area contributed by atoms with Crippen LogP contribution >= 0.6 is 0 Å². The van der Waals surface area contributed by atoms with Crippen molar-refractivity contribution in [2.24, 2.45) is 0 Å². The van der Waals surface area contributed by atoms with E-state index in [0.717, 1.165) is 25.0 Å². The Hall–Kier alpha value is -1.95. The van der Waals surface area contributed by atoms with E-state index in [2.05, 4.69) is 20.6 Å². The summed E-state index contributed by atoms with van der Waals surface area (Å²) in [7, 11) is 0. The first-order valence-corrected chi connectivity index (χ1v) is 6.47. The van der Waals surface area contributed by atoms with Gasteiger partial charge in [0, 0.05) is 12.7 Å². The summed E-state index contributed by atoms with van der Waals surface area (Å²) in [6.45, 7) is 2.46. The Morgan fingerprint density at radius 2 is 2.16 bits per heavy atom. The van der Waals surface area contributed by atoms with Crippen LogP contribution in [0.1, 0.15) is 25.0 Å². The molecule has 2 N–H and O–H groups in total. The lowest BCUT2D eigenvalue weighted by Crippen LogP contribution is -2.43. The lowest BCUT2D eigenvalue weighted by atomic mass is 9.80. The molecule has 6 nitrogen and oxygen atoms in total. The molecular weight excluding hydrogens is 242 g/mol. The van der Waals surface area contributed by atoms with E-state index < -0.39 is 5.60 Å². The molecule has 6 heteroatoms. The number of hydrogen-bond donors (Lipinski definition) is 2. The third kappa shape index (κ3) is 2.58. The Morgan fingerprint density at radius 3 is 2.68 bits per heavy atom. The minimum Gasteiger partial charge on any atom is -0.388 e. The standard InChI is InChI=1S/C13H17N5O/c1-10-5-8-18(17-10)12-4-3-11(15-16-12)14-9-13(19)6-2-7-13/h3-5,8,19H,2,6-7,9H2,1H3,(H,14,15). The lowest BCUT2D eigenvalue weighted by Gasteiger charge is -2.36. The van der Waals surface area contributed by atoms with Crippen molar-refractivity contribution in [3.8, 4) is 5.82 Å². The summed E-state index contributed by atoms with van der Waals surface area (Å²) < 4.78 is 1.69. The number of aromatic nitrogens is 4. The fraction of sp³-hybridized carbons (Fsp3) is 0.462. The maximum absolute atomic E-state index is 9.98. The Morgan fingerprint density at radius 1 is 1.32 bits per heavy atom. The molecule has 0 radical (unpaired) electrons. The van der Waals surface area contributed by atoms with E-state index in [9.17, 15) is 5.11 Å². The predicted molar refractivity (Wildman–Crippen MR) is 71.2 cm³/mol. The van der Waals surface area contributed by atoms with Crippen molar-refractivity contribution < 1.29 is 5.11 Å². The molecular formula is C13H17N5O. The number of aliphatic hydroxyl groups is 1. The Balaban J connectivity index is 1.65. The second kappa shape index (κ2) is 4.62. The maximum atomic E-state index is 9.98. The third-order valence-corrected chi connectivity index (χ3v) is 3.49. The maximum Gasteiger partial charge on any atom is 0.175 e. The van der Waals surface area contributed by atoms with E-state index in [1.807, 2.05) is 31.3 Å². The van der Waals surface area contributed by atoms with Crippen molar-refractivity contribution in [3.63, 3.8) is 0 Å². The van der Waals surface area contributed by atoms with Gasteiger partial charge in [-0.2, -0.15) is 5.10 Å². The molecule has 0 aliphatic heterocycles. The molecule has 0 aromatic carbocycles. The van der Waals surface area contributed by atoms with Crippen LogP contribution in [0, 0.1) is 6.92 Å². The van der Waals surface area contributed by atoms with Gasteiger partial charge in [-0.1, -0.05) is 0 Å². The van der Waals surface area contributed by atoms with Gasteiger partial charge in [0.2, 0.25) is 0 Å². The van der Waals surface area contributed by atoms with E-state index in [1.165, 1.54) is 0 Å². The molecule has 3 rings (SSSR count). The molecule has 100 valence electrons. The molecule has 0 atom stereocenters. The van der Waals surface area contributed by atoms with Gasteiger partial charge in [-0.15, -0.1) is 10.2 Å². The van der Waals surface area contributed by atoms with Crippen LogP contribution in [0.2, 0.25) is 0 Å². The number of anilines is 1. The van der Waals surface area contributed by atoms with Crippen molar-refractivity contribution in [2.45, 2.75) is 31.8 Å². The second-order valence-electron chi connectivity index (χ2n) is 5.11. The van der Waals surface area contributed by atoms with Gasteiger partial charge < -0.3 is 10.4 Å². The first-order chi connectivity index (χ1) is 9.15. The van der Waals surface area contributed by atoms with Crippen LogP contribution in [0.25, 0.3) is 5.82 Å². The Bertz CT molecular complexity index is 559. The molecule has 0 spiro atoms. The highest BCUT2D eigenvalue weighted by Crippen LogP contribution is 2.31. The largest absolute Gasteiger partial charge is 0.388 e. The van der Waals surface area contributed by atoms with Gasteiger partial charge in [-0.05, 0) is 44.4 Å². The fourth-order valence-electron chi connectivity index (χ4n) is 2.10. The van der Waals surface area contributed by atoms with E-state index in [4.69, 9.17) is 0 Å². The normalized spacial score (nSPS) is 16.9. The highest BCUT2D eigenvalue weighted by molar-refractivity contribution is 5.36. The monoisotopic (exact) mass is 259 g/mol. The number of aryl methyl sites for hydroxylation is 1. The average molecular weight is 259 g/mol. The summed E-state index contributed by atoms with van der Waals surface area (Å²) in [5.74, 6) is 1.36. The topological polar surface area (TPSA) is 75.9 Å². The number of nitrogens with zero attached hydrogens (tertiary/aromatic N) is 4. The van der Waals surface area contributed by atoms with Gasteiger partial charge >= 0.3 is 0 Å². The van der Waals surface area contributed by atoms with E-state index in [-0.39, 0.29) is 0 Å². The number of rotatable bonds is 4. The summed E-state index contributed by atoms with van der Waals surface area (Å²) in [5, 5.41) is 25.6. The molecule has 2 aromatic rings. The van der Waals surface area contributed by atoms with Crippen molar-refractivity contribution in [2.75, 3.05) is 11.9 Å². The molecule has 1 aliphatic carbocycles. The summed E-state index contributed by atoms with van der Waals surface area (Å²) in [5.41, 5.74) is 0.385. The van der Waals surface area contributed by atoms with Crippen LogP contribution < -0.4 is 5.32 Å². The highest BCUT2D eigenvalue weighted by Gasteiger charge is 2.33. The Labute approximate surface area is 111 Å². The van der Waals surface area contributed by atoms with Crippen molar-refractivity contribution in [3.05, 3.63) is 30.1 Å². The van der Waals surface area contributed by atoms with Gasteiger partial charge in [0.05, 0.1) is 11.3 Å². The summed E-state index contributed by atoms with van der Waals surface area (Å²) in [4.78, 5) is 0. The van der Waals surface area contributed by atoms with Crippen LogP contribution in [0.5, 0.6) is 0 Å². The quantitative estimate of drug-likeness (QED) is 0.865. The molecule has 19 heavy (non-hydrogen) atoms. The molecule has 0 amide bonds. The van der Waals surface area contributed by atoms with Gasteiger partial charge in [-0.25, -0.2) is 4.68 Å². The van der Waals surface area contributed by atoms with Crippen LogP contribution in [0.15, 0.2) is 24.4 Å². The lowest BCUT2D eigenvalue weighted by molar-refractivity contribution is -0.0202. The zero-order valence-corrected chi connectivity index (χ0v) is 10.9. The molecule has 1 fully saturated rings. The predicted octanol–water partition coefficient (Wildman–Crippen LogP) is 1.30. The third-order valence-electron chi connectivity index (χ3n) is 3.49. The summed E-state index contributed by atoms with van der Waals surface area (Å²) in [6.07, 6.45) is 4.67. The minimum atomic E-state index is -0.556. The van der Waals surface area contributed by atoms with Crippen molar-refractivity contribution in [1.82, 2.24) is 20.0 Å². The average Bonchev–Trinajstić information content (AvgIpc) is 2.81. The first-order valence-electron chi connectivity index (χ1n) is 6.47. The molecule has 0 unspecified atom stereocenters.